The highest BCUT2D eigenvalue weighted by molar-refractivity contribution is 5.80. The molecule has 0 amide bonds. The number of methoxy groups -OCH3 is 1. The molecule has 1 aliphatic rings. The Bertz CT molecular complexity index is 832. The van der Waals surface area contributed by atoms with Crippen LogP contribution in [0.2, 0.25) is 0 Å². The van der Waals surface area contributed by atoms with E-state index >= 15 is 0 Å². The first-order valence-electron chi connectivity index (χ1n) is 9.48. The molecule has 6 nitrogen and oxygen atoms in total. The number of ether oxygens (including phenoxy) is 2. The molecule has 0 saturated carbocycles. The summed E-state index contributed by atoms with van der Waals surface area (Å²) in [4.78, 5) is 6.33. The Morgan fingerprint density at radius 3 is 2.83 bits per heavy atom. The van der Waals surface area contributed by atoms with Crippen LogP contribution in [0.4, 0.5) is 14.5 Å². The lowest BCUT2D eigenvalue weighted by Crippen LogP contribution is -2.44. The van der Waals surface area contributed by atoms with E-state index in [4.69, 9.17) is 4.74 Å². The third-order valence-electron chi connectivity index (χ3n) is 4.77. The SMILES string of the molecule is CN=C(NCc1cccc(OC)c1)NC1CCN(c2ccccc2OC(F)F)C1. The number of anilines is 1. The maximum atomic E-state index is 12.7. The average Bonchev–Trinajstić information content (AvgIpc) is 3.19. The van der Waals surface area contributed by atoms with Gasteiger partial charge in [0.25, 0.3) is 0 Å². The first-order valence-corrected chi connectivity index (χ1v) is 9.48. The van der Waals surface area contributed by atoms with E-state index < -0.39 is 6.61 Å². The number of para-hydroxylation sites is 2. The molecule has 1 aliphatic heterocycles. The van der Waals surface area contributed by atoms with Crippen molar-refractivity contribution in [2.24, 2.45) is 4.99 Å². The Morgan fingerprint density at radius 2 is 2.07 bits per heavy atom. The van der Waals surface area contributed by atoms with Crippen LogP contribution in [0.3, 0.4) is 0 Å². The summed E-state index contributed by atoms with van der Waals surface area (Å²) in [5.74, 6) is 1.70. The largest absolute Gasteiger partial charge is 0.497 e. The monoisotopic (exact) mass is 404 g/mol. The lowest BCUT2D eigenvalue weighted by Gasteiger charge is -2.22. The van der Waals surface area contributed by atoms with E-state index in [9.17, 15) is 8.78 Å². The van der Waals surface area contributed by atoms with E-state index in [-0.39, 0.29) is 11.8 Å². The van der Waals surface area contributed by atoms with Gasteiger partial charge in [0.1, 0.15) is 11.5 Å². The fourth-order valence-corrected chi connectivity index (χ4v) is 3.37. The Labute approximate surface area is 169 Å². The zero-order valence-electron chi connectivity index (χ0n) is 16.6. The number of benzene rings is 2. The molecular formula is C21H26F2N4O2. The second-order valence-corrected chi connectivity index (χ2v) is 6.70. The van der Waals surface area contributed by atoms with E-state index in [0.717, 1.165) is 24.3 Å². The lowest BCUT2D eigenvalue weighted by atomic mass is 10.2. The van der Waals surface area contributed by atoms with Crippen molar-refractivity contribution >= 4 is 11.6 Å². The molecule has 1 saturated heterocycles. The van der Waals surface area contributed by atoms with Gasteiger partial charge in [-0.15, -0.1) is 0 Å². The number of hydrogen-bond donors (Lipinski definition) is 2. The van der Waals surface area contributed by atoms with Gasteiger partial charge >= 0.3 is 6.61 Å². The van der Waals surface area contributed by atoms with Crippen LogP contribution in [0.5, 0.6) is 11.5 Å². The molecule has 156 valence electrons. The molecule has 0 spiro atoms. The first-order chi connectivity index (χ1) is 14.1. The second kappa shape index (κ2) is 9.95. The molecule has 2 aromatic carbocycles. The molecule has 2 aromatic rings. The zero-order valence-corrected chi connectivity index (χ0v) is 16.6. The van der Waals surface area contributed by atoms with Crippen molar-refractivity contribution < 1.29 is 18.3 Å². The van der Waals surface area contributed by atoms with E-state index in [0.29, 0.717) is 24.7 Å². The van der Waals surface area contributed by atoms with Crippen molar-refractivity contribution in [3.8, 4) is 11.5 Å². The number of hydrogen-bond acceptors (Lipinski definition) is 4. The van der Waals surface area contributed by atoms with Gasteiger partial charge in [-0.25, -0.2) is 0 Å². The van der Waals surface area contributed by atoms with Crippen molar-refractivity contribution in [3.05, 3.63) is 54.1 Å². The van der Waals surface area contributed by atoms with Gasteiger partial charge < -0.3 is 25.0 Å². The Kier molecular flexibility index (Phi) is 7.10. The molecular weight excluding hydrogens is 378 g/mol. The highest BCUT2D eigenvalue weighted by atomic mass is 19.3. The minimum absolute atomic E-state index is 0.145. The van der Waals surface area contributed by atoms with Gasteiger partial charge in [0.15, 0.2) is 5.96 Å². The molecule has 0 aliphatic carbocycles. The van der Waals surface area contributed by atoms with Crippen molar-refractivity contribution in [1.29, 1.82) is 0 Å². The third kappa shape index (κ3) is 5.73. The van der Waals surface area contributed by atoms with Crippen molar-refractivity contribution in [2.45, 2.75) is 25.6 Å². The smallest absolute Gasteiger partial charge is 0.387 e. The van der Waals surface area contributed by atoms with Crippen molar-refractivity contribution in [1.82, 2.24) is 10.6 Å². The van der Waals surface area contributed by atoms with E-state index in [1.54, 1.807) is 32.4 Å². The van der Waals surface area contributed by atoms with Gasteiger partial charge in [-0.05, 0) is 36.2 Å². The maximum Gasteiger partial charge on any atom is 0.387 e. The van der Waals surface area contributed by atoms with Crippen LogP contribution in [0.1, 0.15) is 12.0 Å². The number of alkyl halides is 2. The predicted molar refractivity (Wildman–Crippen MR) is 110 cm³/mol. The van der Waals surface area contributed by atoms with Crippen LogP contribution < -0.4 is 25.0 Å². The fraction of sp³-hybridized carbons (Fsp3) is 0.381. The van der Waals surface area contributed by atoms with Crippen LogP contribution in [-0.2, 0) is 6.54 Å². The number of nitrogens with one attached hydrogen (secondary N) is 2. The Balaban J connectivity index is 1.56. The number of nitrogens with zero attached hydrogens (tertiary/aromatic N) is 2. The van der Waals surface area contributed by atoms with E-state index in [2.05, 4.69) is 20.4 Å². The number of guanidine groups is 1. The van der Waals surface area contributed by atoms with E-state index in [1.807, 2.05) is 35.2 Å². The molecule has 1 unspecified atom stereocenters. The lowest BCUT2D eigenvalue weighted by molar-refractivity contribution is -0.0495. The number of aliphatic imine (C=N–C) groups is 1. The zero-order chi connectivity index (χ0) is 20.6. The van der Waals surface area contributed by atoms with Gasteiger partial charge in [0.05, 0.1) is 12.8 Å². The standard InChI is InChI=1S/C21H26F2N4O2/c1-24-21(25-13-15-6-5-7-17(12-15)28-2)26-16-10-11-27(14-16)18-8-3-4-9-19(18)29-20(22)23/h3-9,12,16,20H,10-11,13-14H2,1-2H3,(H2,24,25,26). The summed E-state index contributed by atoms with van der Waals surface area (Å²) >= 11 is 0. The normalized spacial score (nSPS) is 16.8. The van der Waals surface area contributed by atoms with Crippen molar-refractivity contribution in [3.63, 3.8) is 0 Å². The second-order valence-electron chi connectivity index (χ2n) is 6.70. The molecule has 0 aromatic heterocycles. The summed E-state index contributed by atoms with van der Waals surface area (Å²) in [6, 6.07) is 14.9. The summed E-state index contributed by atoms with van der Waals surface area (Å²) in [7, 11) is 3.36. The average molecular weight is 404 g/mol. The van der Waals surface area contributed by atoms with E-state index in [1.165, 1.54) is 0 Å². The number of rotatable bonds is 7. The van der Waals surface area contributed by atoms with Gasteiger partial charge in [0.2, 0.25) is 0 Å². The molecule has 2 N–H and O–H groups in total. The Hall–Kier alpha value is -3.03. The molecule has 1 fully saturated rings. The van der Waals surface area contributed by atoms with Gasteiger partial charge in [0, 0.05) is 32.7 Å². The molecule has 0 radical (unpaired) electrons. The topological polar surface area (TPSA) is 58.1 Å². The minimum atomic E-state index is -2.84. The molecule has 8 heteroatoms. The molecule has 3 rings (SSSR count). The van der Waals surface area contributed by atoms with Crippen LogP contribution >= 0.6 is 0 Å². The molecule has 0 bridgehead atoms. The van der Waals surface area contributed by atoms with Crippen molar-refractivity contribution in [2.75, 3.05) is 32.1 Å². The highest BCUT2D eigenvalue weighted by Gasteiger charge is 2.26. The summed E-state index contributed by atoms with van der Waals surface area (Å²) in [6.45, 7) is -0.817. The van der Waals surface area contributed by atoms with Gasteiger partial charge in [-0.2, -0.15) is 8.78 Å². The fourth-order valence-electron chi connectivity index (χ4n) is 3.37. The number of halogens is 2. The molecule has 1 heterocycles. The van der Waals surface area contributed by atoms with Gasteiger partial charge in [-0.3, -0.25) is 4.99 Å². The highest BCUT2D eigenvalue weighted by Crippen LogP contribution is 2.31. The first kappa shape index (κ1) is 20.7. The molecule has 1 atom stereocenters. The summed E-state index contributed by atoms with van der Waals surface area (Å²) in [5.41, 5.74) is 1.76. The summed E-state index contributed by atoms with van der Waals surface area (Å²) in [6.07, 6.45) is 0.864. The maximum absolute atomic E-state index is 12.7. The van der Waals surface area contributed by atoms with Crippen LogP contribution in [0.25, 0.3) is 0 Å². The van der Waals surface area contributed by atoms with Gasteiger partial charge in [-0.1, -0.05) is 24.3 Å². The third-order valence-corrected chi connectivity index (χ3v) is 4.77. The minimum Gasteiger partial charge on any atom is -0.497 e. The Morgan fingerprint density at radius 1 is 1.24 bits per heavy atom. The van der Waals surface area contributed by atoms with Crippen LogP contribution in [0.15, 0.2) is 53.5 Å². The summed E-state index contributed by atoms with van der Waals surface area (Å²) < 4.78 is 35.2. The predicted octanol–water partition coefficient (Wildman–Crippen LogP) is 3.24. The molecule has 29 heavy (non-hydrogen) atoms. The summed E-state index contributed by atoms with van der Waals surface area (Å²) in [5, 5.41) is 6.70. The van der Waals surface area contributed by atoms with Crippen LogP contribution in [0, 0.1) is 0 Å². The van der Waals surface area contributed by atoms with Crippen LogP contribution in [-0.4, -0.2) is 45.9 Å². The quantitative estimate of drug-likeness (QED) is 0.548.